The molecule has 1 heterocycles. The molecule has 0 saturated carbocycles. The Morgan fingerprint density at radius 1 is 1.00 bits per heavy atom. The van der Waals surface area contributed by atoms with Gasteiger partial charge < -0.3 is 5.73 Å². The fourth-order valence-electron chi connectivity index (χ4n) is 2.04. The molecule has 19 heavy (non-hydrogen) atoms. The van der Waals surface area contributed by atoms with Gasteiger partial charge in [-0.25, -0.2) is 9.97 Å². The fraction of sp³-hybridized carbons (Fsp3) is 0.0667. The number of hydrogen-bond donors (Lipinski definition) is 1. The molecule has 1 aromatic heterocycles. The van der Waals surface area contributed by atoms with Gasteiger partial charge >= 0.3 is 0 Å². The highest BCUT2D eigenvalue weighted by Gasteiger charge is 2.08. The summed E-state index contributed by atoms with van der Waals surface area (Å²) in [6.07, 6.45) is 0. The maximum atomic E-state index is 5.87. The van der Waals surface area contributed by atoms with E-state index in [0.717, 1.165) is 15.7 Å². The number of fused-ring (bicyclic) bond motifs is 1. The van der Waals surface area contributed by atoms with E-state index in [-0.39, 0.29) is 0 Å². The Kier molecular flexibility index (Phi) is 2.95. The molecule has 3 rings (SSSR count). The van der Waals surface area contributed by atoms with E-state index in [9.17, 15) is 0 Å². The van der Waals surface area contributed by atoms with Crippen molar-refractivity contribution in [3.63, 3.8) is 0 Å². The van der Waals surface area contributed by atoms with Gasteiger partial charge in [0.05, 0.1) is 10.2 Å². The van der Waals surface area contributed by atoms with Crippen LogP contribution in [-0.4, -0.2) is 9.97 Å². The summed E-state index contributed by atoms with van der Waals surface area (Å²) in [6, 6.07) is 14.4. The minimum absolute atomic E-state index is 0.468. The van der Waals surface area contributed by atoms with Gasteiger partial charge in [0.1, 0.15) is 5.82 Å². The number of hydrogen-bond acceptors (Lipinski definition) is 3. The molecule has 94 valence electrons. The van der Waals surface area contributed by atoms with Crippen molar-refractivity contribution in [1.82, 2.24) is 9.97 Å². The summed E-state index contributed by atoms with van der Waals surface area (Å²) < 4.78 is 0.761. The maximum absolute atomic E-state index is 5.87. The number of aryl methyl sites for hydroxylation is 1. The van der Waals surface area contributed by atoms with Crippen LogP contribution in [0.3, 0.4) is 0 Å². The Hall–Kier alpha value is -1.94. The van der Waals surface area contributed by atoms with Crippen molar-refractivity contribution in [3.05, 3.63) is 52.6 Å². The molecule has 0 aliphatic rings. The highest BCUT2D eigenvalue weighted by molar-refractivity contribution is 9.10. The minimum Gasteiger partial charge on any atom is -0.383 e. The van der Waals surface area contributed by atoms with E-state index in [1.54, 1.807) is 0 Å². The van der Waals surface area contributed by atoms with Gasteiger partial charge in [0.25, 0.3) is 0 Å². The van der Waals surface area contributed by atoms with Crippen molar-refractivity contribution in [2.24, 2.45) is 0 Å². The van der Waals surface area contributed by atoms with Gasteiger partial charge in [0.15, 0.2) is 5.82 Å². The first-order valence-corrected chi connectivity index (χ1v) is 6.73. The minimum atomic E-state index is 0.468. The van der Waals surface area contributed by atoms with Crippen molar-refractivity contribution in [2.45, 2.75) is 6.92 Å². The number of nitrogen functional groups attached to an aromatic ring is 1. The summed E-state index contributed by atoms with van der Waals surface area (Å²) in [5.74, 6) is 1.12. The Bertz CT molecular complexity index is 745. The highest BCUT2D eigenvalue weighted by Crippen LogP contribution is 2.26. The predicted octanol–water partition coefficient (Wildman–Crippen LogP) is 3.95. The van der Waals surface area contributed by atoms with Crippen molar-refractivity contribution in [2.75, 3.05) is 5.73 Å². The number of nitrogens with two attached hydrogens (primary N) is 1. The summed E-state index contributed by atoms with van der Waals surface area (Å²) >= 11 is 3.38. The number of benzene rings is 2. The highest BCUT2D eigenvalue weighted by atomic mass is 79.9. The molecule has 3 nitrogen and oxygen atoms in total. The molecule has 0 atom stereocenters. The van der Waals surface area contributed by atoms with Crippen molar-refractivity contribution >= 4 is 32.5 Å². The third-order valence-corrected chi connectivity index (χ3v) is 4.03. The monoisotopic (exact) mass is 313 g/mol. The Labute approximate surface area is 119 Å². The average Bonchev–Trinajstić information content (AvgIpc) is 2.43. The quantitative estimate of drug-likeness (QED) is 0.740. The molecule has 0 bridgehead atoms. The largest absolute Gasteiger partial charge is 0.383 e. The number of nitrogens with zero attached hydrogens (tertiary/aromatic N) is 2. The van der Waals surface area contributed by atoms with Gasteiger partial charge in [-0.3, -0.25) is 0 Å². The Balaban J connectivity index is 2.19. The molecule has 2 aromatic carbocycles. The second kappa shape index (κ2) is 4.63. The van der Waals surface area contributed by atoms with E-state index in [0.29, 0.717) is 11.6 Å². The third kappa shape index (κ3) is 2.19. The number of halogens is 1. The summed E-state index contributed by atoms with van der Waals surface area (Å²) in [6.45, 7) is 1.91. The van der Waals surface area contributed by atoms with Crippen LogP contribution in [0.1, 0.15) is 5.69 Å². The van der Waals surface area contributed by atoms with Crippen LogP contribution in [0.2, 0.25) is 0 Å². The molecule has 0 fully saturated rings. The fourth-order valence-corrected chi connectivity index (χ4v) is 2.22. The van der Waals surface area contributed by atoms with Gasteiger partial charge in [-0.2, -0.15) is 0 Å². The Morgan fingerprint density at radius 3 is 2.47 bits per heavy atom. The first-order valence-electron chi connectivity index (χ1n) is 5.94. The molecule has 0 saturated heterocycles. The molecular formula is C15H12BrN3. The van der Waals surface area contributed by atoms with Gasteiger partial charge in [-0.1, -0.05) is 36.4 Å². The van der Waals surface area contributed by atoms with Crippen molar-refractivity contribution < 1.29 is 0 Å². The molecule has 3 aromatic rings. The van der Waals surface area contributed by atoms with E-state index in [4.69, 9.17) is 5.73 Å². The van der Waals surface area contributed by atoms with E-state index >= 15 is 0 Å². The van der Waals surface area contributed by atoms with E-state index < -0.39 is 0 Å². The molecule has 4 heteroatoms. The van der Waals surface area contributed by atoms with Crippen molar-refractivity contribution in [3.8, 4) is 11.4 Å². The summed E-state index contributed by atoms with van der Waals surface area (Å²) in [4.78, 5) is 8.80. The smallest absolute Gasteiger partial charge is 0.161 e. The third-order valence-electron chi connectivity index (χ3n) is 3.05. The first kappa shape index (κ1) is 12.1. The first-order chi connectivity index (χ1) is 9.15. The lowest BCUT2D eigenvalue weighted by Crippen LogP contribution is -1.99. The lowest BCUT2D eigenvalue weighted by atomic mass is 10.1. The van der Waals surface area contributed by atoms with E-state index in [1.165, 1.54) is 10.8 Å². The lowest BCUT2D eigenvalue weighted by molar-refractivity contribution is 1.10. The second-order valence-electron chi connectivity index (χ2n) is 4.39. The molecule has 2 N–H and O–H groups in total. The second-order valence-corrected chi connectivity index (χ2v) is 5.19. The summed E-state index contributed by atoms with van der Waals surface area (Å²) in [7, 11) is 0. The van der Waals surface area contributed by atoms with Crippen LogP contribution < -0.4 is 5.73 Å². The standard InChI is InChI=1S/C15H12BrN3/c1-9-13(16)14(17)19-15(18-9)12-7-6-10-4-2-3-5-11(10)8-12/h2-8H,1H3,(H2,17,18,19). The summed E-state index contributed by atoms with van der Waals surface area (Å²) in [5, 5.41) is 2.37. The molecule has 0 unspecified atom stereocenters. The average molecular weight is 314 g/mol. The van der Waals surface area contributed by atoms with Gasteiger partial charge in [-0.05, 0) is 39.7 Å². The van der Waals surface area contributed by atoms with Gasteiger partial charge in [0.2, 0.25) is 0 Å². The lowest BCUT2D eigenvalue weighted by Gasteiger charge is -2.07. The molecule has 0 aliphatic carbocycles. The van der Waals surface area contributed by atoms with Crippen LogP contribution in [-0.2, 0) is 0 Å². The van der Waals surface area contributed by atoms with Crippen LogP contribution in [0.4, 0.5) is 5.82 Å². The van der Waals surface area contributed by atoms with Crippen LogP contribution >= 0.6 is 15.9 Å². The molecule has 0 aliphatic heterocycles. The zero-order valence-electron chi connectivity index (χ0n) is 10.4. The van der Waals surface area contributed by atoms with Crippen molar-refractivity contribution in [1.29, 1.82) is 0 Å². The van der Waals surface area contributed by atoms with E-state index in [2.05, 4.69) is 50.2 Å². The van der Waals surface area contributed by atoms with Crippen LogP contribution in [0.15, 0.2) is 46.9 Å². The zero-order chi connectivity index (χ0) is 13.4. The maximum Gasteiger partial charge on any atom is 0.161 e. The molecule has 0 amide bonds. The number of rotatable bonds is 1. The predicted molar refractivity (Wildman–Crippen MR) is 81.8 cm³/mol. The zero-order valence-corrected chi connectivity index (χ0v) is 12.0. The number of anilines is 1. The van der Waals surface area contributed by atoms with Gasteiger partial charge in [0, 0.05) is 5.56 Å². The van der Waals surface area contributed by atoms with Crippen LogP contribution in [0.25, 0.3) is 22.2 Å². The van der Waals surface area contributed by atoms with Crippen LogP contribution in [0.5, 0.6) is 0 Å². The molecule has 0 spiro atoms. The van der Waals surface area contributed by atoms with Gasteiger partial charge in [-0.15, -0.1) is 0 Å². The topological polar surface area (TPSA) is 51.8 Å². The normalized spacial score (nSPS) is 10.8. The van der Waals surface area contributed by atoms with Crippen LogP contribution in [0, 0.1) is 6.92 Å². The summed E-state index contributed by atoms with van der Waals surface area (Å²) in [5.41, 5.74) is 7.69. The number of aromatic nitrogens is 2. The molecule has 0 radical (unpaired) electrons. The molecular weight excluding hydrogens is 302 g/mol. The Morgan fingerprint density at radius 2 is 1.74 bits per heavy atom. The SMILES string of the molecule is Cc1nc(-c2ccc3ccccc3c2)nc(N)c1Br. The van der Waals surface area contributed by atoms with E-state index in [1.807, 2.05) is 25.1 Å².